The first kappa shape index (κ1) is 20.3. The molecule has 1 aliphatic carbocycles. The van der Waals surface area contributed by atoms with Gasteiger partial charge in [0, 0.05) is 19.1 Å². The summed E-state index contributed by atoms with van der Waals surface area (Å²) in [4.78, 5) is 31.9. The second-order valence-electron chi connectivity index (χ2n) is 8.37. The highest BCUT2D eigenvalue weighted by Gasteiger charge is 2.23. The quantitative estimate of drug-likeness (QED) is 0.735. The van der Waals surface area contributed by atoms with Crippen LogP contribution < -0.4 is 5.32 Å². The molecule has 1 saturated carbocycles. The molecule has 1 aliphatic heterocycles. The summed E-state index contributed by atoms with van der Waals surface area (Å²) in [6.45, 7) is 4.19. The van der Waals surface area contributed by atoms with Crippen molar-refractivity contribution < 1.29 is 9.59 Å². The van der Waals surface area contributed by atoms with Crippen molar-refractivity contribution in [2.75, 3.05) is 18.8 Å². The van der Waals surface area contributed by atoms with E-state index in [0.29, 0.717) is 17.7 Å². The van der Waals surface area contributed by atoms with E-state index in [-0.39, 0.29) is 18.4 Å². The van der Waals surface area contributed by atoms with Gasteiger partial charge in [0.15, 0.2) is 5.16 Å². The number of para-hydroxylation sites is 2. The summed E-state index contributed by atoms with van der Waals surface area (Å²) < 4.78 is 1.95. The van der Waals surface area contributed by atoms with Gasteiger partial charge in [-0.3, -0.25) is 9.59 Å². The third-order valence-corrected chi connectivity index (χ3v) is 7.06. The van der Waals surface area contributed by atoms with Crippen molar-refractivity contribution in [1.29, 1.82) is 0 Å². The van der Waals surface area contributed by atoms with Gasteiger partial charge in [-0.15, -0.1) is 0 Å². The minimum absolute atomic E-state index is 0.0262. The smallest absolute Gasteiger partial charge is 0.240 e. The minimum Gasteiger partial charge on any atom is -0.352 e. The molecule has 4 rings (SSSR count). The van der Waals surface area contributed by atoms with E-state index in [1.807, 2.05) is 33.7 Å². The number of benzene rings is 1. The summed E-state index contributed by atoms with van der Waals surface area (Å²) >= 11 is 1.44. The molecule has 7 heteroatoms. The van der Waals surface area contributed by atoms with E-state index in [9.17, 15) is 9.59 Å². The van der Waals surface area contributed by atoms with Gasteiger partial charge in [-0.05, 0) is 43.7 Å². The highest BCUT2D eigenvalue weighted by atomic mass is 32.2. The molecule has 1 N–H and O–H groups in total. The van der Waals surface area contributed by atoms with Gasteiger partial charge >= 0.3 is 0 Å². The van der Waals surface area contributed by atoms with Crippen molar-refractivity contribution in [3.8, 4) is 0 Å². The van der Waals surface area contributed by atoms with Crippen molar-refractivity contribution in [1.82, 2.24) is 19.8 Å². The second kappa shape index (κ2) is 9.20. The van der Waals surface area contributed by atoms with Crippen LogP contribution in [0.2, 0.25) is 0 Å². The Morgan fingerprint density at radius 3 is 2.62 bits per heavy atom. The lowest BCUT2D eigenvalue weighted by atomic mass is 9.99. The maximum absolute atomic E-state index is 12.6. The molecule has 1 aromatic heterocycles. The van der Waals surface area contributed by atoms with E-state index >= 15 is 0 Å². The molecule has 2 aromatic rings. The highest BCUT2D eigenvalue weighted by Crippen LogP contribution is 2.25. The minimum atomic E-state index is 0.0262. The third-order valence-electron chi connectivity index (χ3n) is 6.10. The number of likely N-dealkylation sites (tertiary alicyclic amines) is 1. The second-order valence-corrected chi connectivity index (χ2v) is 9.31. The summed E-state index contributed by atoms with van der Waals surface area (Å²) in [6.07, 6.45) is 6.68. The van der Waals surface area contributed by atoms with Gasteiger partial charge in [-0.25, -0.2) is 4.98 Å². The van der Waals surface area contributed by atoms with Crippen molar-refractivity contribution in [2.45, 2.75) is 63.2 Å². The number of aromatic nitrogens is 2. The van der Waals surface area contributed by atoms with Crippen molar-refractivity contribution >= 4 is 34.6 Å². The van der Waals surface area contributed by atoms with Crippen LogP contribution >= 0.6 is 11.8 Å². The van der Waals surface area contributed by atoms with Crippen LogP contribution in [0.15, 0.2) is 29.4 Å². The summed E-state index contributed by atoms with van der Waals surface area (Å²) in [5.41, 5.74) is 1.80. The van der Waals surface area contributed by atoms with Gasteiger partial charge in [-0.2, -0.15) is 0 Å². The van der Waals surface area contributed by atoms with Crippen molar-refractivity contribution in [3.05, 3.63) is 24.3 Å². The molecular weight excluding hydrogens is 384 g/mol. The van der Waals surface area contributed by atoms with Gasteiger partial charge in [0.1, 0.15) is 6.54 Å². The number of carbonyl (C=O) groups excluding carboxylic acids is 2. The Morgan fingerprint density at radius 2 is 1.86 bits per heavy atom. The first-order chi connectivity index (χ1) is 14.1. The monoisotopic (exact) mass is 414 g/mol. The van der Waals surface area contributed by atoms with E-state index in [1.54, 1.807) is 0 Å². The number of rotatable bonds is 6. The fourth-order valence-electron chi connectivity index (χ4n) is 4.28. The predicted octanol–water partition coefficient (Wildman–Crippen LogP) is 3.45. The number of fused-ring (bicyclic) bond motifs is 1. The molecule has 2 aliphatic rings. The Balaban J connectivity index is 1.44. The zero-order valence-corrected chi connectivity index (χ0v) is 17.9. The molecule has 1 saturated heterocycles. The van der Waals surface area contributed by atoms with Gasteiger partial charge in [0.2, 0.25) is 11.8 Å². The van der Waals surface area contributed by atoms with Crippen LogP contribution in [0.5, 0.6) is 0 Å². The number of imidazole rings is 1. The molecule has 29 heavy (non-hydrogen) atoms. The fourth-order valence-corrected chi connectivity index (χ4v) is 5.20. The van der Waals surface area contributed by atoms with Crippen LogP contribution in [-0.4, -0.2) is 51.1 Å². The lowest BCUT2D eigenvalue weighted by molar-refractivity contribution is -0.129. The van der Waals surface area contributed by atoms with Gasteiger partial charge in [0.25, 0.3) is 0 Å². The number of hydrogen-bond donors (Lipinski definition) is 1. The average Bonchev–Trinajstić information content (AvgIpc) is 3.35. The first-order valence-electron chi connectivity index (χ1n) is 10.8. The molecule has 0 unspecified atom stereocenters. The lowest BCUT2D eigenvalue weighted by Crippen LogP contribution is -2.39. The van der Waals surface area contributed by atoms with E-state index in [4.69, 9.17) is 4.98 Å². The Labute approximate surface area is 176 Å². The standard InChI is InChI=1S/C22H30N4O2S/c1-16-10-12-25(13-11-16)21(28)15-29-22-24-18-8-4-5-9-19(18)26(22)14-20(27)23-17-6-2-3-7-17/h4-5,8-9,16-17H,2-3,6-7,10-15H2,1H3,(H,23,27). The predicted molar refractivity (Wildman–Crippen MR) is 116 cm³/mol. The zero-order valence-electron chi connectivity index (χ0n) is 17.1. The molecule has 2 fully saturated rings. The number of hydrogen-bond acceptors (Lipinski definition) is 4. The summed E-state index contributed by atoms with van der Waals surface area (Å²) in [7, 11) is 0. The Morgan fingerprint density at radius 1 is 1.14 bits per heavy atom. The van der Waals surface area contributed by atoms with E-state index in [0.717, 1.165) is 55.0 Å². The Kier molecular flexibility index (Phi) is 6.43. The molecule has 1 aromatic carbocycles. The van der Waals surface area contributed by atoms with Crippen molar-refractivity contribution in [2.24, 2.45) is 5.92 Å². The number of carbonyl (C=O) groups is 2. The van der Waals surface area contributed by atoms with Crippen molar-refractivity contribution in [3.63, 3.8) is 0 Å². The largest absolute Gasteiger partial charge is 0.352 e. The topological polar surface area (TPSA) is 67.2 Å². The number of nitrogens with one attached hydrogen (secondary N) is 1. The van der Waals surface area contributed by atoms with E-state index in [2.05, 4.69) is 12.2 Å². The maximum Gasteiger partial charge on any atom is 0.240 e. The number of piperidine rings is 1. The Bertz CT molecular complexity index is 867. The fraction of sp³-hybridized carbons (Fsp3) is 0.591. The first-order valence-corrected chi connectivity index (χ1v) is 11.7. The van der Waals surface area contributed by atoms with Crippen LogP contribution in [0.4, 0.5) is 0 Å². The molecule has 0 spiro atoms. The van der Waals surface area contributed by atoms with Gasteiger partial charge in [-0.1, -0.05) is 43.7 Å². The van der Waals surface area contributed by atoms with Gasteiger partial charge in [0.05, 0.1) is 16.8 Å². The Hall–Kier alpha value is -2.02. The molecule has 156 valence electrons. The van der Waals surface area contributed by atoms with Crippen LogP contribution in [0.25, 0.3) is 11.0 Å². The number of nitrogens with zero attached hydrogens (tertiary/aromatic N) is 3. The van der Waals surface area contributed by atoms with Crippen LogP contribution in [0, 0.1) is 5.92 Å². The van der Waals surface area contributed by atoms with Crippen LogP contribution in [0.3, 0.4) is 0 Å². The summed E-state index contributed by atoms with van der Waals surface area (Å²) in [5.74, 6) is 1.26. The highest BCUT2D eigenvalue weighted by molar-refractivity contribution is 7.99. The van der Waals surface area contributed by atoms with E-state index < -0.39 is 0 Å². The molecule has 0 bridgehead atoms. The average molecular weight is 415 g/mol. The number of thioether (sulfide) groups is 1. The maximum atomic E-state index is 12.6. The summed E-state index contributed by atoms with van der Waals surface area (Å²) in [6, 6.07) is 8.16. The third kappa shape index (κ3) is 4.94. The lowest BCUT2D eigenvalue weighted by Gasteiger charge is -2.30. The molecule has 2 amide bonds. The summed E-state index contributed by atoms with van der Waals surface area (Å²) in [5, 5.41) is 3.90. The number of amides is 2. The molecular formula is C22H30N4O2S. The SMILES string of the molecule is CC1CCN(C(=O)CSc2nc3ccccc3n2CC(=O)NC2CCCC2)CC1. The van der Waals surface area contributed by atoms with E-state index in [1.165, 1.54) is 24.6 Å². The molecule has 0 radical (unpaired) electrons. The molecule has 0 atom stereocenters. The molecule has 2 heterocycles. The van der Waals surface area contributed by atoms with Crippen LogP contribution in [-0.2, 0) is 16.1 Å². The normalized spacial score (nSPS) is 18.4. The van der Waals surface area contributed by atoms with Gasteiger partial charge < -0.3 is 14.8 Å². The molecule has 6 nitrogen and oxygen atoms in total. The zero-order chi connectivity index (χ0) is 20.2. The van der Waals surface area contributed by atoms with Crippen LogP contribution in [0.1, 0.15) is 45.4 Å².